The zero-order valence-corrected chi connectivity index (χ0v) is 17.4. The van der Waals surface area contributed by atoms with E-state index >= 15 is 0 Å². The van der Waals surface area contributed by atoms with Crippen molar-refractivity contribution < 1.29 is 0 Å². The molecule has 0 radical (unpaired) electrons. The van der Waals surface area contributed by atoms with E-state index in [1.807, 2.05) is 36.4 Å². The van der Waals surface area contributed by atoms with E-state index in [0.717, 1.165) is 22.2 Å². The highest BCUT2D eigenvalue weighted by Crippen LogP contribution is 2.24. The van der Waals surface area contributed by atoms with Gasteiger partial charge in [-0.3, -0.25) is 9.36 Å². The number of fused-ring (bicyclic) bond motifs is 1. The molecule has 29 heavy (non-hydrogen) atoms. The van der Waals surface area contributed by atoms with Gasteiger partial charge < -0.3 is 0 Å². The maximum atomic E-state index is 13.4. The standard InChI is InChI=1S/C26H26N2O/c1-18-8-7-9-20(16-18)24-27-23-11-6-5-10-22(23)25(29)28(24)17-19-12-14-21(15-13-19)26(2,3)4/h5-16H,17H2,1-4H3. The molecule has 0 aliphatic rings. The van der Waals surface area contributed by atoms with Gasteiger partial charge in [0.1, 0.15) is 5.82 Å². The summed E-state index contributed by atoms with van der Waals surface area (Å²) >= 11 is 0. The number of aromatic nitrogens is 2. The number of benzene rings is 3. The van der Waals surface area contributed by atoms with Crippen LogP contribution in [-0.4, -0.2) is 9.55 Å². The molecule has 4 rings (SSSR count). The van der Waals surface area contributed by atoms with Gasteiger partial charge in [-0.15, -0.1) is 0 Å². The molecule has 0 aliphatic carbocycles. The van der Waals surface area contributed by atoms with Crippen LogP contribution in [0, 0.1) is 6.92 Å². The van der Waals surface area contributed by atoms with Crippen molar-refractivity contribution in [1.29, 1.82) is 0 Å². The summed E-state index contributed by atoms with van der Waals surface area (Å²) in [7, 11) is 0. The Bertz CT molecular complexity index is 1230. The van der Waals surface area contributed by atoms with Crippen LogP contribution < -0.4 is 5.56 Å². The first-order chi connectivity index (χ1) is 13.8. The summed E-state index contributed by atoms with van der Waals surface area (Å²) in [6.07, 6.45) is 0. The highest BCUT2D eigenvalue weighted by atomic mass is 16.1. The quantitative estimate of drug-likeness (QED) is 0.454. The van der Waals surface area contributed by atoms with Gasteiger partial charge in [-0.25, -0.2) is 4.98 Å². The zero-order valence-electron chi connectivity index (χ0n) is 17.4. The van der Waals surface area contributed by atoms with Crippen LogP contribution in [0.2, 0.25) is 0 Å². The molecule has 1 aromatic heterocycles. The Morgan fingerprint density at radius 3 is 2.31 bits per heavy atom. The number of nitrogens with zero attached hydrogens (tertiary/aromatic N) is 2. The number of aryl methyl sites for hydroxylation is 1. The van der Waals surface area contributed by atoms with Crippen LogP contribution >= 0.6 is 0 Å². The average molecular weight is 383 g/mol. The Labute approximate surface area is 171 Å². The van der Waals surface area contributed by atoms with Crippen LogP contribution in [0.4, 0.5) is 0 Å². The van der Waals surface area contributed by atoms with Crippen molar-refractivity contribution in [2.24, 2.45) is 0 Å². The number of hydrogen-bond donors (Lipinski definition) is 0. The van der Waals surface area contributed by atoms with Gasteiger partial charge in [-0.05, 0) is 41.7 Å². The molecule has 0 amide bonds. The normalized spacial score (nSPS) is 11.7. The molecule has 0 spiro atoms. The smallest absolute Gasteiger partial charge is 0.261 e. The average Bonchev–Trinajstić information content (AvgIpc) is 2.70. The van der Waals surface area contributed by atoms with Crippen LogP contribution in [-0.2, 0) is 12.0 Å². The Morgan fingerprint density at radius 1 is 0.897 bits per heavy atom. The highest BCUT2D eigenvalue weighted by molar-refractivity contribution is 5.79. The third-order valence-corrected chi connectivity index (χ3v) is 5.30. The van der Waals surface area contributed by atoms with E-state index in [4.69, 9.17) is 4.98 Å². The van der Waals surface area contributed by atoms with Crippen LogP contribution in [0.5, 0.6) is 0 Å². The first kappa shape index (κ1) is 19.1. The molecule has 3 nitrogen and oxygen atoms in total. The summed E-state index contributed by atoms with van der Waals surface area (Å²) in [5.74, 6) is 0.706. The van der Waals surface area contributed by atoms with Gasteiger partial charge in [0.15, 0.2) is 0 Å². The second kappa shape index (κ2) is 7.32. The van der Waals surface area contributed by atoms with Crippen molar-refractivity contribution >= 4 is 10.9 Å². The molecule has 0 aliphatic heterocycles. The zero-order chi connectivity index (χ0) is 20.6. The molecule has 1 heterocycles. The largest absolute Gasteiger partial charge is 0.288 e. The molecule has 0 saturated heterocycles. The Morgan fingerprint density at radius 2 is 1.62 bits per heavy atom. The lowest BCUT2D eigenvalue weighted by molar-refractivity contribution is 0.589. The number of rotatable bonds is 3. The second-order valence-electron chi connectivity index (χ2n) is 8.66. The predicted molar refractivity (Wildman–Crippen MR) is 120 cm³/mol. The molecule has 0 saturated carbocycles. The molecule has 0 atom stereocenters. The molecular formula is C26H26N2O. The van der Waals surface area contributed by atoms with E-state index in [1.165, 1.54) is 5.56 Å². The molecule has 0 unspecified atom stereocenters. The van der Waals surface area contributed by atoms with E-state index < -0.39 is 0 Å². The second-order valence-corrected chi connectivity index (χ2v) is 8.66. The lowest BCUT2D eigenvalue weighted by atomic mass is 9.87. The summed E-state index contributed by atoms with van der Waals surface area (Å²) in [6, 6.07) is 24.3. The van der Waals surface area contributed by atoms with Crippen molar-refractivity contribution in [1.82, 2.24) is 9.55 Å². The van der Waals surface area contributed by atoms with Crippen LogP contribution in [0.3, 0.4) is 0 Å². The van der Waals surface area contributed by atoms with Gasteiger partial charge in [0.25, 0.3) is 5.56 Å². The third-order valence-electron chi connectivity index (χ3n) is 5.30. The molecule has 0 bridgehead atoms. The van der Waals surface area contributed by atoms with Gasteiger partial charge in [0, 0.05) is 5.56 Å². The van der Waals surface area contributed by atoms with Crippen molar-refractivity contribution in [2.45, 2.75) is 39.7 Å². The van der Waals surface area contributed by atoms with Crippen LogP contribution in [0.15, 0.2) is 77.6 Å². The van der Waals surface area contributed by atoms with Crippen LogP contribution in [0.25, 0.3) is 22.3 Å². The van der Waals surface area contributed by atoms with E-state index in [-0.39, 0.29) is 11.0 Å². The third kappa shape index (κ3) is 3.86. The van der Waals surface area contributed by atoms with E-state index in [2.05, 4.69) is 64.1 Å². The topological polar surface area (TPSA) is 34.9 Å². The highest BCUT2D eigenvalue weighted by Gasteiger charge is 2.15. The van der Waals surface area contributed by atoms with Gasteiger partial charge in [0.2, 0.25) is 0 Å². The molecule has 4 aromatic rings. The molecule has 3 aromatic carbocycles. The predicted octanol–water partition coefficient (Wildman–Crippen LogP) is 5.72. The fourth-order valence-corrected chi connectivity index (χ4v) is 3.61. The van der Waals surface area contributed by atoms with Crippen LogP contribution in [0.1, 0.15) is 37.5 Å². The molecule has 0 fully saturated rings. The maximum absolute atomic E-state index is 13.4. The lowest BCUT2D eigenvalue weighted by Crippen LogP contribution is -2.24. The van der Waals surface area contributed by atoms with E-state index in [9.17, 15) is 4.79 Å². The fraction of sp³-hybridized carbons (Fsp3) is 0.231. The minimum absolute atomic E-state index is 0.00740. The fourth-order valence-electron chi connectivity index (χ4n) is 3.61. The number of hydrogen-bond acceptors (Lipinski definition) is 2. The molecular weight excluding hydrogens is 356 g/mol. The Balaban J connectivity index is 1.87. The summed E-state index contributed by atoms with van der Waals surface area (Å²) in [4.78, 5) is 18.2. The van der Waals surface area contributed by atoms with E-state index in [0.29, 0.717) is 17.8 Å². The summed E-state index contributed by atoms with van der Waals surface area (Å²) in [5, 5.41) is 0.648. The lowest BCUT2D eigenvalue weighted by Gasteiger charge is -2.19. The van der Waals surface area contributed by atoms with Crippen molar-refractivity contribution in [3.63, 3.8) is 0 Å². The summed E-state index contributed by atoms with van der Waals surface area (Å²) < 4.78 is 1.79. The van der Waals surface area contributed by atoms with Gasteiger partial charge in [-0.2, -0.15) is 0 Å². The first-order valence-electron chi connectivity index (χ1n) is 9.99. The monoisotopic (exact) mass is 382 g/mol. The van der Waals surface area contributed by atoms with E-state index in [1.54, 1.807) is 4.57 Å². The summed E-state index contributed by atoms with van der Waals surface area (Å²) in [6.45, 7) is 9.16. The maximum Gasteiger partial charge on any atom is 0.261 e. The minimum atomic E-state index is -0.00740. The number of para-hydroxylation sites is 1. The molecule has 3 heteroatoms. The Kier molecular flexibility index (Phi) is 4.83. The Hall–Kier alpha value is -3.20. The molecule has 0 N–H and O–H groups in total. The van der Waals surface area contributed by atoms with Crippen molar-refractivity contribution in [3.05, 3.63) is 99.8 Å². The first-order valence-corrected chi connectivity index (χ1v) is 9.99. The van der Waals surface area contributed by atoms with Crippen molar-refractivity contribution in [3.8, 4) is 11.4 Å². The summed E-state index contributed by atoms with van der Waals surface area (Å²) in [5.41, 5.74) is 5.30. The minimum Gasteiger partial charge on any atom is -0.288 e. The SMILES string of the molecule is Cc1cccc(-c2nc3ccccc3c(=O)n2Cc2ccc(C(C)(C)C)cc2)c1. The molecule has 146 valence electrons. The van der Waals surface area contributed by atoms with Crippen molar-refractivity contribution in [2.75, 3.05) is 0 Å². The van der Waals surface area contributed by atoms with Gasteiger partial charge in [0.05, 0.1) is 17.4 Å². The van der Waals surface area contributed by atoms with Gasteiger partial charge in [-0.1, -0.05) is 80.9 Å². The van der Waals surface area contributed by atoms with Gasteiger partial charge >= 0.3 is 0 Å².